The summed E-state index contributed by atoms with van der Waals surface area (Å²) in [5.41, 5.74) is 0. The molecule has 18 heavy (non-hydrogen) atoms. The molecule has 0 aromatic heterocycles. The van der Waals surface area contributed by atoms with Crippen LogP contribution in [0.15, 0.2) is 0 Å². The minimum atomic E-state index is -0.122. The topological polar surface area (TPSA) is 23.5 Å². The van der Waals surface area contributed by atoms with Gasteiger partial charge in [0.1, 0.15) is 0 Å². The highest BCUT2D eigenvalue weighted by Gasteiger charge is 2.26. The Morgan fingerprint density at radius 3 is 2.50 bits per heavy atom. The molecular weight excluding hydrogens is 222 g/mol. The van der Waals surface area contributed by atoms with Crippen LogP contribution in [0.3, 0.4) is 0 Å². The summed E-state index contributed by atoms with van der Waals surface area (Å²) in [6.07, 6.45) is 9.76. The second-order valence-electron chi connectivity index (χ2n) is 5.95. The number of nitrogens with zero attached hydrogens (tertiary/aromatic N) is 1. The second kappa shape index (κ2) is 8.92. The highest BCUT2D eigenvalue weighted by atomic mass is 16.3. The van der Waals surface area contributed by atoms with Gasteiger partial charge >= 0.3 is 0 Å². The summed E-state index contributed by atoms with van der Waals surface area (Å²) < 4.78 is 0. The molecule has 1 rings (SSSR count). The second-order valence-corrected chi connectivity index (χ2v) is 5.95. The van der Waals surface area contributed by atoms with E-state index in [2.05, 4.69) is 25.7 Å². The Morgan fingerprint density at radius 1 is 1.11 bits per heavy atom. The Balaban J connectivity index is 2.48. The molecule has 3 unspecified atom stereocenters. The van der Waals surface area contributed by atoms with Gasteiger partial charge in [0.05, 0.1) is 6.10 Å². The van der Waals surface area contributed by atoms with E-state index in [0.717, 1.165) is 25.2 Å². The standard InChI is InChI=1S/C16H33NO/c1-4-8-14-10-7-12-17(13-11-14)15(6-3)16(18)9-5-2/h14-16,18H,4-13H2,1-3H3. The van der Waals surface area contributed by atoms with Gasteiger partial charge in [-0.2, -0.15) is 0 Å². The maximum absolute atomic E-state index is 10.3. The summed E-state index contributed by atoms with van der Waals surface area (Å²) in [4.78, 5) is 2.57. The van der Waals surface area contributed by atoms with Gasteiger partial charge in [0.2, 0.25) is 0 Å². The van der Waals surface area contributed by atoms with Gasteiger partial charge in [-0.25, -0.2) is 0 Å². The van der Waals surface area contributed by atoms with Crippen LogP contribution >= 0.6 is 0 Å². The van der Waals surface area contributed by atoms with Crippen molar-refractivity contribution in [3.63, 3.8) is 0 Å². The summed E-state index contributed by atoms with van der Waals surface area (Å²) in [6.45, 7) is 9.07. The third-order valence-corrected chi connectivity index (χ3v) is 4.50. The highest BCUT2D eigenvalue weighted by Crippen LogP contribution is 2.25. The summed E-state index contributed by atoms with van der Waals surface area (Å²) in [6, 6.07) is 0.394. The molecule has 0 radical (unpaired) electrons. The summed E-state index contributed by atoms with van der Waals surface area (Å²) in [5, 5.41) is 10.3. The van der Waals surface area contributed by atoms with Crippen molar-refractivity contribution in [2.45, 2.75) is 84.3 Å². The van der Waals surface area contributed by atoms with Crippen LogP contribution in [0.1, 0.15) is 72.1 Å². The van der Waals surface area contributed by atoms with Crippen molar-refractivity contribution >= 4 is 0 Å². The van der Waals surface area contributed by atoms with Gasteiger partial charge in [-0.05, 0) is 51.1 Å². The van der Waals surface area contributed by atoms with Crippen LogP contribution in [0, 0.1) is 5.92 Å². The number of hydrogen-bond donors (Lipinski definition) is 1. The van der Waals surface area contributed by atoms with Crippen molar-refractivity contribution in [2.24, 2.45) is 5.92 Å². The molecule has 1 aliphatic heterocycles. The lowest BCUT2D eigenvalue weighted by Gasteiger charge is -2.33. The first kappa shape index (κ1) is 16.0. The average molecular weight is 255 g/mol. The molecular formula is C16H33NO. The third-order valence-electron chi connectivity index (χ3n) is 4.50. The van der Waals surface area contributed by atoms with E-state index in [1.165, 1.54) is 45.2 Å². The number of aliphatic hydroxyl groups is 1. The Kier molecular flexibility index (Phi) is 7.92. The van der Waals surface area contributed by atoms with Crippen LogP contribution in [0.5, 0.6) is 0 Å². The molecule has 1 fully saturated rings. The molecule has 0 amide bonds. The van der Waals surface area contributed by atoms with Crippen molar-refractivity contribution in [3.05, 3.63) is 0 Å². The Labute approximate surface area is 114 Å². The number of aliphatic hydroxyl groups excluding tert-OH is 1. The summed E-state index contributed by atoms with van der Waals surface area (Å²) in [7, 11) is 0. The number of hydrogen-bond acceptors (Lipinski definition) is 2. The van der Waals surface area contributed by atoms with Crippen molar-refractivity contribution in [2.75, 3.05) is 13.1 Å². The van der Waals surface area contributed by atoms with E-state index < -0.39 is 0 Å². The number of rotatable bonds is 7. The molecule has 2 heteroatoms. The van der Waals surface area contributed by atoms with E-state index in [1.54, 1.807) is 0 Å². The smallest absolute Gasteiger partial charge is 0.0695 e. The lowest BCUT2D eigenvalue weighted by molar-refractivity contribution is 0.0416. The normalized spacial score (nSPS) is 25.7. The Hall–Kier alpha value is -0.0800. The monoisotopic (exact) mass is 255 g/mol. The van der Waals surface area contributed by atoms with Gasteiger partial charge in [-0.1, -0.05) is 40.0 Å². The van der Waals surface area contributed by atoms with Gasteiger partial charge in [-0.3, -0.25) is 4.90 Å². The highest BCUT2D eigenvalue weighted by molar-refractivity contribution is 4.81. The van der Waals surface area contributed by atoms with Crippen LogP contribution in [-0.2, 0) is 0 Å². The SMILES string of the molecule is CCCC1CCCN(C(CC)C(O)CCC)CC1. The van der Waals surface area contributed by atoms with Crippen molar-refractivity contribution in [1.29, 1.82) is 0 Å². The molecule has 0 aromatic rings. The van der Waals surface area contributed by atoms with Gasteiger partial charge in [0.25, 0.3) is 0 Å². The van der Waals surface area contributed by atoms with E-state index in [0.29, 0.717) is 6.04 Å². The minimum Gasteiger partial charge on any atom is -0.391 e. The van der Waals surface area contributed by atoms with Gasteiger partial charge in [0.15, 0.2) is 0 Å². The maximum Gasteiger partial charge on any atom is 0.0695 e. The molecule has 3 atom stereocenters. The minimum absolute atomic E-state index is 0.122. The molecule has 1 N–H and O–H groups in total. The molecule has 108 valence electrons. The van der Waals surface area contributed by atoms with Crippen molar-refractivity contribution < 1.29 is 5.11 Å². The molecule has 1 heterocycles. The molecule has 1 saturated heterocycles. The third kappa shape index (κ3) is 4.89. The van der Waals surface area contributed by atoms with E-state index in [1.807, 2.05) is 0 Å². The molecule has 0 aliphatic carbocycles. The van der Waals surface area contributed by atoms with Gasteiger partial charge in [-0.15, -0.1) is 0 Å². The van der Waals surface area contributed by atoms with E-state index in [4.69, 9.17) is 0 Å². The predicted molar refractivity (Wildman–Crippen MR) is 78.8 cm³/mol. The summed E-state index contributed by atoms with van der Waals surface area (Å²) >= 11 is 0. The van der Waals surface area contributed by atoms with Crippen LogP contribution in [0.4, 0.5) is 0 Å². The van der Waals surface area contributed by atoms with Gasteiger partial charge in [0, 0.05) is 6.04 Å². The Bertz CT molecular complexity index is 207. The van der Waals surface area contributed by atoms with Crippen molar-refractivity contribution in [1.82, 2.24) is 4.90 Å². The molecule has 0 aromatic carbocycles. The van der Waals surface area contributed by atoms with Gasteiger partial charge < -0.3 is 5.11 Å². The fourth-order valence-electron chi connectivity index (χ4n) is 3.48. The first-order valence-electron chi connectivity index (χ1n) is 8.14. The fourth-order valence-corrected chi connectivity index (χ4v) is 3.48. The van der Waals surface area contributed by atoms with Crippen molar-refractivity contribution in [3.8, 4) is 0 Å². The lowest BCUT2D eigenvalue weighted by atomic mass is 9.96. The zero-order chi connectivity index (χ0) is 13.4. The van der Waals surface area contributed by atoms with E-state index >= 15 is 0 Å². The average Bonchev–Trinajstić information content (AvgIpc) is 2.57. The van der Waals surface area contributed by atoms with Crippen LogP contribution < -0.4 is 0 Å². The largest absolute Gasteiger partial charge is 0.391 e. The molecule has 0 spiro atoms. The first-order chi connectivity index (χ1) is 8.72. The first-order valence-corrected chi connectivity index (χ1v) is 8.14. The summed E-state index contributed by atoms with van der Waals surface area (Å²) in [5.74, 6) is 0.931. The number of likely N-dealkylation sites (tertiary alicyclic amines) is 1. The fraction of sp³-hybridized carbons (Fsp3) is 1.00. The van der Waals surface area contributed by atoms with Crippen LogP contribution in [0.25, 0.3) is 0 Å². The maximum atomic E-state index is 10.3. The predicted octanol–water partition coefficient (Wildman–Crippen LogP) is 3.83. The molecule has 1 aliphatic rings. The zero-order valence-corrected chi connectivity index (χ0v) is 12.7. The zero-order valence-electron chi connectivity index (χ0n) is 12.7. The molecule has 2 nitrogen and oxygen atoms in total. The molecule has 0 bridgehead atoms. The quantitative estimate of drug-likeness (QED) is 0.747. The Morgan fingerprint density at radius 2 is 1.89 bits per heavy atom. The van der Waals surface area contributed by atoms with E-state index in [9.17, 15) is 5.11 Å². The molecule has 0 saturated carbocycles. The van der Waals surface area contributed by atoms with Crippen LogP contribution in [-0.4, -0.2) is 35.2 Å². The van der Waals surface area contributed by atoms with Crippen LogP contribution in [0.2, 0.25) is 0 Å². The van der Waals surface area contributed by atoms with E-state index in [-0.39, 0.29) is 6.10 Å². The lowest BCUT2D eigenvalue weighted by Crippen LogP contribution is -2.43.